The molecule has 2 saturated carbocycles. The van der Waals surface area contributed by atoms with Crippen molar-refractivity contribution >= 4 is 5.91 Å². The highest BCUT2D eigenvalue weighted by Gasteiger charge is 2.25. The minimum Gasteiger partial charge on any atom is -0.352 e. The van der Waals surface area contributed by atoms with Crippen molar-refractivity contribution in [2.24, 2.45) is 17.6 Å². The molecule has 1 unspecified atom stereocenters. The SMILES string of the molecule is NCC(NC(=O)CC1CCCC1)C1CCCCC1. The largest absolute Gasteiger partial charge is 0.352 e. The minimum atomic E-state index is 0.221. The van der Waals surface area contributed by atoms with Crippen LogP contribution in [0.2, 0.25) is 0 Å². The molecular formula is C15H28N2O. The zero-order valence-corrected chi connectivity index (χ0v) is 11.5. The van der Waals surface area contributed by atoms with Crippen LogP contribution in [0.15, 0.2) is 0 Å². The van der Waals surface area contributed by atoms with Crippen molar-refractivity contribution in [1.29, 1.82) is 0 Å². The van der Waals surface area contributed by atoms with Crippen LogP contribution in [0.4, 0.5) is 0 Å². The quantitative estimate of drug-likeness (QED) is 0.790. The van der Waals surface area contributed by atoms with Gasteiger partial charge in [0, 0.05) is 19.0 Å². The molecule has 104 valence electrons. The molecule has 0 radical (unpaired) electrons. The Morgan fingerprint density at radius 3 is 2.28 bits per heavy atom. The van der Waals surface area contributed by atoms with E-state index in [4.69, 9.17) is 5.73 Å². The summed E-state index contributed by atoms with van der Waals surface area (Å²) in [7, 11) is 0. The molecule has 0 aliphatic heterocycles. The third-order valence-electron chi connectivity index (χ3n) is 4.77. The van der Waals surface area contributed by atoms with Crippen LogP contribution in [0.3, 0.4) is 0 Å². The van der Waals surface area contributed by atoms with Crippen LogP contribution in [0, 0.1) is 11.8 Å². The minimum absolute atomic E-state index is 0.221. The maximum Gasteiger partial charge on any atom is 0.220 e. The van der Waals surface area contributed by atoms with E-state index in [9.17, 15) is 4.79 Å². The second-order valence-electron chi connectivity index (χ2n) is 6.16. The number of carbonyl (C=O) groups excluding carboxylic acids is 1. The first-order valence-corrected chi connectivity index (χ1v) is 7.79. The van der Waals surface area contributed by atoms with Crippen LogP contribution in [-0.4, -0.2) is 18.5 Å². The molecule has 2 aliphatic carbocycles. The molecule has 0 spiro atoms. The summed E-state index contributed by atoms with van der Waals surface area (Å²) < 4.78 is 0. The van der Waals surface area contributed by atoms with Gasteiger partial charge in [0.05, 0.1) is 0 Å². The maximum absolute atomic E-state index is 12.0. The van der Waals surface area contributed by atoms with Gasteiger partial charge < -0.3 is 11.1 Å². The summed E-state index contributed by atoms with van der Waals surface area (Å²) in [6.07, 6.45) is 12.3. The van der Waals surface area contributed by atoms with Gasteiger partial charge in [-0.15, -0.1) is 0 Å². The third kappa shape index (κ3) is 3.98. The van der Waals surface area contributed by atoms with Gasteiger partial charge in [-0.2, -0.15) is 0 Å². The number of rotatable bonds is 5. The van der Waals surface area contributed by atoms with E-state index in [-0.39, 0.29) is 11.9 Å². The Kier molecular flexibility index (Phi) is 5.48. The number of nitrogens with one attached hydrogen (secondary N) is 1. The average molecular weight is 252 g/mol. The first-order chi connectivity index (χ1) is 8.79. The summed E-state index contributed by atoms with van der Waals surface area (Å²) in [6, 6.07) is 0.221. The molecule has 0 bridgehead atoms. The van der Waals surface area contributed by atoms with Crippen molar-refractivity contribution in [2.45, 2.75) is 70.3 Å². The molecule has 0 saturated heterocycles. The summed E-state index contributed by atoms with van der Waals surface area (Å²) in [5.74, 6) is 1.49. The lowest BCUT2D eigenvalue weighted by Crippen LogP contribution is -2.46. The van der Waals surface area contributed by atoms with E-state index in [1.807, 2.05) is 0 Å². The van der Waals surface area contributed by atoms with Crippen LogP contribution in [-0.2, 0) is 4.79 Å². The average Bonchev–Trinajstić information content (AvgIpc) is 2.90. The fraction of sp³-hybridized carbons (Fsp3) is 0.933. The Balaban J connectivity index is 1.75. The molecule has 2 fully saturated rings. The normalized spacial score (nSPS) is 24.1. The summed E-state index contributed by atoms with van der Waals surface area (Å²) in [4.78, 5) is 12.0. The molecular weight excluding hydrogens is 224 g/mol. The van der Waals surface area contributed by atoms with Crippen LogP contribution < -0.4 is 11.1 Å². The van der Waals surface area contributed by atoms with Crippen LogP contribution in [0.5, 0.6) is 0 Å². The predicted molar refractivity (Wildman–Crippen MR) is 74.1 cm³/mol. The third-order valence-corrected chi connectivity index (χ3v) is 4.77. The standard InChI is InChI=1S/C15H28N2O/c16-11-14(13-8-2-1-3-9-13)17-15(18)10-12-6-4-5-7-12/h12-14H,1-11,16H2,(H,17,18). The van der Waals surface area contributed by atoms with E-state index in [1.54, 1.807) is 0 Å². The first-order valence-electron chi connectivity index (χ1n) is 7.79. The topological polar surface area (TPSA) is 55.1 Å². The van der Waals surface area contributed by atoms with Crippen molar-refractivity contribution in [2.75, 3.05) is 6.54 Å². The summed E-state index contributed by atoms with van der Waals surface area (Å²) in [5, 5.41) is 3.20. The number of hydrogen-bond donors (Lipinski definition) is 2. The smallest absolute Gasteiger partial charge is 0.220 e. The van der Waals surface area contributed by atoms with Crippen molar-refractivity contribution in [3.8, 4) is 0 Å². The van der Waals surface area contributed by atoms with E-state index >= 15 is 0 Å². The Morgan fingerprint density at radius 1 is 1.06 bits per heavy atom. The molecule has 0 aromatic carbocycles. The predicted octanol–water partition coefficient (Wildman–Crippen LogP) is 2.59. The van der Waals surface area contributed by atoms with Crippen molar-refractivity contribution in [1.82, 2.24) is 5.32 Å². The van der Waals surface area contributed by atoms with Gasteiger partial charge in [0.2, 0.25) is 5.91 Å². The fourth-order valence-corrected chi connectivity index (χ4v) is 3.65. The second-order valence-corrected chi connectivity index (χ2v) is 6.16. The molecule has 1 amide bonds. The molecule has 3 heteroatoms. The summed E-state index contributed by atoms with van der Waals surface area (Å²) in [6.45, 7) is 0.598. The van der Waals surface area contributed by atoms with Crippen molar-refractivity contribution in [3.05, 3.63) is 0 Å². The molecule has 1 atom stereocenters. The lowest BCUT2D eigenvalue weighted by molar-refractivity contribution is -0.123. The Hall–Kier alpha value is -0.570. The lowest BCUT2D eigenvalue weighted by atomic mass is 9.83. The highest BCUT2D eigenvalue weighted by Crippen LogP contribution is 2.28. The fourth-order valence-electron chi connectivity index (χ4n) is 3.65. The number of amides is 1. The van der Waals surface area contributed by atoms with Crippen LogP contribution in [0.1, 0.15) is 64.2 Å². The molecule has 3 N–H and O–H groups in total. The van der Waals surface area contributed by atoms with E-state index in [0.717, 1.165) is 6.42 Å². The van der Waals surface area contributed by atoms with E-state index in [1.165, 1.54) is 57.8 Å². The first kappa shape index (κ1) is 13.9. The Bertz CT molecular complexity index is 255. The highest BCUT2D eigenvalue weighted by atomic mass is 16.1. The maximum atomic E-state index is 12.0. The Morgan fingerprint density at radius 2 is 1.67 bits per heavy atom. The lowest BCUT2D eigenvalue weighted by Gasteiger charge is -2.30. The van der Waals surface area contributed by atoms with E-state index in [2.05, 4.69) is 5.32 Å². The molecule has 18 heavy (non-hydrogen) atoms. The van der Waals surface area contributed by atoms with E-state index in [0.29, 0.717) is 18.4 Å². The van der Waals surface area contributed by atoms with Gasteiger partial charge in [-0.25, -0.2) is 0 Å². The van der Waals surface area contributed by atoms with Gasteiger partial charge in [-0.05, 0) is 37.5 Å². The number of carbonyl (C=O) groups is 1. The van der Waals surface area contributed by atoms with Gasteiger partial charge in [0.25, 0.3) is 0 Å². The van der Waals surface area contributed by atoms with Crippen molar-refractivity contribution in [3.63, 3.8) is 0 Å². The zero-order chi connectivity index (χ0) is 12.8. The number of hydrogen-bond acceptors (Lipinski definition) is 2. The van der Waals surface area contributed by atoms with Gasteiger partial charge >= 0.3 is 0 Å². The van der Waals surface area contributed by atoms with Gasteiger partial charge in [-0.3, -0.25) is 4.79 Å². The number of nitrogens with two attached hydrogens (primary N) is 1. The summed E-state index contributed by atoms with van der Waals surface area (Å²) in [5.41, 5.74) is 5.85. The van der Waals surface area contributed by atoms with Gasteiger partial charge in [0.15, 0.2) is 0 Å². The van der Waals surface area contributed by atoms with Crippen LogP contribution in [0.25, 0.3) is 0 Å². The molecule has 0 heterocycles. The molecule has 2 rings (SSSR count). The van der Waals surface area contributed by atoms with Crippen LogP contribution >= 0.6 is 0 Å². The van der Waals surface area contributed by atoms with Gasteiger partial charge in [0.1, 0.15) is 0 Å². The summed E-state index contributed by atoms with van der Waals surface area (Å²) >= 11 is 0. The van der Waals surface area contributed by atoms with Gasteiger partial charge in [-0.1, -0.05) is 32.1 Å². The highest BCUT2D eigenvalue weighted by molar-refractivity contribution is 5.76. The zero-order valence-electron chi connectivity index (χ0n) is 11.5. The monoisotopic (exact) mass is 252 g/mol. The molecule has 3 nitrogen and oxygen atoms in total. The molecule has 2 aliphatic rings. The van der Waals surface area contributed by atoms with E-state index < -0.39 is 0 Å². The Labute approximate surface area is 111 Å². The molecule has 0 aromatic heterocycles. The van der Waals surface area contributed by atoms with Crippen molar-refractivity contribution < 1.29 is 4.79 Å². The second kappa shape index (κ2) is 7.13. The molecule has 0 aromatic rings.